The monoisotopic (exact) mass is 1080 g/mol. The van der Waals surface area contributed by atoms with Crippen LogP contribution in [0.25, 0.3) is 11.2 Å². The molecule has 412 valence electrons. The number of aliphatic carboxylic acids is 3. The van der Waals surface area contributed by atoms with Crippen LogP contribution in [0.1, 0.15) is 61.0 Å². The number of nitrogens with one attached hydrogen (secondary N) is 7. The van der Waals surface area contributed by atoms with Crippen LogP contribution in [0.4, 0.5) is 11.6 Å². The predicted octanol–water partition coefficient (Wildman–Crippen LogP) is -7.01. The number of aliphatic hydroxyl groups is 6. The van der Waals surface area contributed by atoms with Crippen LogP contribution < -0.4 is 49.0 Å². The van der Waals surface area contributed by atoms with Gasteiger partial charge >= 0.3 is 17.9 Å². The number of carbonyl (C=O) groups excluding carboxylic acids is 6. The molecule has 3 rings (SSSR count). The van der Waals surface area contributed by atoms with E-state index in [1.54, 1.807) is 0 Å². The van der Waals surface area contributed by atoms with Gasteiger partial charge in [0.2, 0.25) is 29.6 Å². The lowest BCUT2D eigenvalue weighted by molar-refractivity contribution is -0.149. The lowest BCUT2D eigenvalue weighted by Crippen LogP contribution is -2.64. The topological polar surface area (TPSA) is 535 Å². The summed E-state index contributed by atoms with van der Waals surface area (Å²) in [6, 6.07) is -5.86. The van der Waals surface area contributed by atoms with Gasteiger partial charge in [0.05, 0.1) is 56.4 Å². The second-order valence-corrected chi connectivity index (χ2v) is 16.9. The lowest BCUT2D eigenvalue weighted by atomic mass is 10.0. The number of benzene rings is 1. The van der Waals surface area contributed by atoms with Crippen molar-refractivity contribution in [2.45, 2.75) is 106 Å². The fourth-order valence-corrected chi connectivity index (χ4v) is 7.02. The molecule has 2 aromatic heterocycles. The van der Waals surface area contributed by atoms with Crippen molar-refractivity contribution >= 4 is 88.8 Å². The molecule has 0 radical (unpaired) electrons. The Labute approximate surface area is 429 Å². The number of aromatic nitrogens is 4. The average Bonchev–Trinajstić information content (AvgIpc) is 3.36. The molecule has 32 nitrogen and oxygen atoms in total. The van der Waals surface area contributed by atoms with Crippen molar-refractivity contribution in [1.29, 1.82) is 0 Å². The molecule has 20 N–H and O–H groups in total. The zero-order valence-electron chi connectivity index (χ0n) is 39.6. The van der Waals surface area contributed by atoms with Gasteiger partial charge in [-0.05, 0) is 43.5 Å². The number of nitrogens with zero attached hydrogens (tertiary/aromatic N) is 4. The van der Waals surface area contributed by atoms with E-state index >= 15 is 0 Å². The van der Waals surface area contributed by atoms with Crippen LogP contribution in [0.2, 0.25) is 0 Å². The average molecular weight is 1080 g/mol. The Bertz CT molecular complexity index is 2560. The maximum atomic E-state index is 13.9. The van der Waals surface area contributed by atoms with Crippen LogP contribution in [0.15, 0.2) is 35.3 Å². The number of fused-ring (bicyclic) bond motifs is 1. The van der Waals surface area contributed by atoms with E-state index in [4.69, 9.17) is 11.6 Å². The van der Waals surface area contributed by atoms with E-state index in [1.165, 1.54) is 30.5 Å². The van der Waals surface area contributed by atoms with Crippen molar-refractivity contribution in [2.75, 3.05) is 36.6 Å². The quantitative estimate of drug-likeness (QED) is 0.0120. The van der Waals surface area contributed by atoms with Crippen LogP contribution >= 0.6 is 12.6 Å². The number of hydrogen-bond acceptors (Lipinski definition) is 23. The molecule has 0 aliphatic carbocycles. The number of hydrazine groups is 1. The third-order valence-electron chi connectivity index (χ3n) is 10.8. The minimum Gasteiger partial charge on any atom is -0.481 e. The van der Waals surface area contributed by atoms with Crippen molar-refractivity contribution in [2.24, 2.45) is 5.84 Å². The number of rotatable bonds is 32. The predicted molar refractivity (Wildman–Crippen MR) is 258 cm³/mol. The van der Waals surface area contributed by atoms with Crippen molar-refractivity contribution < 1.29 is 89.1 Å². The third kappa shape index (κ3) is 19.3. The van der Waals surface area contributed by atoms with Crippen LogP contribution in [-0.2, 0) is 44.9 Å². The number of thiol groups is 1. The van der Waals surface area contributed by atoms with E-state index in [2.05, 4.69) is 53.8 Å². The van der Waals surface area contributed by atoms with E-state index < -0.39 is 171 Å². The fraction of sp³-hybridized carbons (Fsp3) is 0.500. The maximum Gasteiger partial charge on any atom is 0.327 e. The van der Waals surface area contributed by atoms with Crippen LogP contribution in [0, 0.1) is 0 Å². The second-order valence-electron chi connectivity index (χ2n) is 16.5. The van der Waals surface area contributed by atoms with E-state index in [1.807, 2.05) is 10.6 Å². The van der Waals surface area contributed by atoms with Gasteiger partial charge in [-0.1, -0.05) is 0 Å². The molecule has 2 heterocycles. The summed E-state index contributed by atoms with van der Waals surface area (Å²) in [4.78, 5) is 143. The van der Waals surface area contributed by atoms with E-state index in [0.29, 0.717) is 11.4 Å². The number of aliphatic hydroxyl groups excluding tert-OH is 6. The molecule has 2 unspecified atom stereocenters. The first-order valence-electron chi connectivity index (χ1n) is 22.5. The molecule has 6 amide bonds. The number of carbonyl (C=O) groups is 9. The van der Waals surface area contributed by atoms with Crippen molar-refractivity contribution in [1.82, 2.24) is 51.5 Å². The molecule has 0 bridgehead atoms. The Balaban J connectivity index is 1.73. The molecule has 0 spiro atoms. The molecule has 0 saturated heterocycles. The zero-order chi connectivity index (χ0) is 56.1. The number of carboxylic acid groups (broad SMARTS) is 3. The number of amides is 6. The minimum absolute atomic E-state index is 0.0108. The summed E-state index contributed by atoms with van der Waals surface area (Å²) in [7, 11) is 0. The molecule has 0 aliphatic rings. The Kier molecular flexibility index (Phi) is 24.6. The molecule has 9 atom stereocenters. The normalized spacial score (nSPS) is 14.8. The zero-order valence-corrected chi connectivity index (χ0v) is 40.5. The SMILES string of the molecule is Nc1nc2ncc(CNc3ccc(C(=O)N[C@@H](CCC(=O)NC(CCCO)C(=O)N[C@@H](CC(=O)O)C(=O)N(N)C(C[C@H](O)CO)C(=O)N[C@H](C(=O)N[C@@H](CS)C(=O)O)[C@@H](O)C[C@H](O)CO)C(=O)O)cc3)nc2c(=O)[nH]1. The summed E-state index contributed by atoms with van der Waals surface area (Å²) >= 11 is 3.82. The summed E-state index contributed by atoms with van der Waals surface area (Å²) < 4.78 is 0. The second kappa shape index (κ2) is 29.9. The van der Waals surface area contributed by atoms with Crippen molar-refractivity contribution in [3.05, 3.63) is 52.1 Å². The fourth-order valence-electron chi connectivity index (χ4n) is 6.78. The third-order valence-corrected chi connectivity index (χ3v) is 11.1. The van der Waals surface area contributed by atoms with Gasteiger partial charge in [-0.3, -0.25) is 48.3 Å². The van der Waals surface area contributed by atoms with Crippen molar-refractivity contribution in [3.63, 3.8) is 0 Å². The number of nitrogens with two attached hydrogens (primary N) is 2. The first-order chi connectivity index (χ1) is 35.4. The highest BCUT2D eigenvalue weighted by atomic mass is 32.1. The number of H-pyrrole nitrogens is 1. The molecule has 0 aliphatic heterocycles. The Morgan fingerprint density at radius 3 is 1.96 bits per heavy atom. The van der Waals surface area contributed by atoms with Crippen LogP contribution in [-0.4, -0.2) is 204 Å². The summed E-state index contributed by atoms with van der Waals surface area (Å²) in [5, 5.41) is 102. The summed E-state index contributed by atoms with van der Waals surface area (Å²) in [6.07, 6.45) is -8.98. The lowest BCUT2D eigenvalue weighted by Gasteiger charge is -2.33. The molecule has 75 heavy (non-hydrogen) atoms. The van der Waals surface area contributed by atoms with Crippen molar-refractivity contribution in [3.8, 4) is 0 Å². The standard InChI is InChI=1S/C42H59N13O19S/c43-42-53-33-32(38(69)54-42)47-20(14-46-33)13-45-19-5-3-18(4-6-19)34(65)49-24(40(71)72)7-8-29(62)48-23(2-1-9-56)35(66)50-25(12-30(63)64)39(70)55(44)27(10-21(59)15-57)36(67)52-31(28(61)11-22(60)16-58)37(68)51-26(17-75)41(73)74/h3-6,14,21-28,31,45,56-61,75H,1-2,7-13,15-17,44H2,(H,48,62)(H,49,65)(H,50,66)(H,51,68)(H,52,67)(H,63,64)(H,71,72)(H,73,74)(H3,43,46,53,54,69)/t21-,22-,23?,24-,25-,26-,27?,28-,31-/m0/s1. The number of anilines is 2. The Hall–Kier alpha value is -7.66. The van der Waals surface area contributed by atoms with Gasteiger partial charge in [0, 0.05) is 42.9 Å². The summed E-state index contributed by atoms with van der Waals surface area (Å²) in [5.74, 6) is -7.04. The summed E-state index contributed by atoms with van der Waals surface area (Å²) in [6.45, 7) is -2.46. The first-order valence-corrected chi connectivity index (χ1v) is 23.2. The number of nitrogen functional groups attached to an aromatic ring is 1. The molecule has 0 saturated carbocycles. The first kappa shape index (κ1) is 61.6. The van der Waals surface area contributed by atoms with Gasteiger partial charge in [0.15, 0.2) is 11.2 Å². The van der Waals surface area contributed by atoms with E-state index in [-0.39, 0.29) is 47.1 Å². The van der Waals surface area contributed by atoms with Gasteiger partial charge in [0.25, 0.3) is 17.4 Å². The minimum atomic E-state index is -2.19. The molecular formula is C42H59N13O19S. The van der Waals surface area contributed by atoms with Gasteiger partial charge in [-0.15, -0.1) is 0 Å². The van der Waals surface area contributed by atoms with Gasteiger partial charge in [0.1, 0.15) is 36.3 Å². The number of hydrogen-bond donors (Lipinski definition) is 19. The molecular weight excluding hydrogens is 1020 g/mol. The van der Waals surface area contributed by atoms with Gasteiger partial charge in [-0.25, -0.2) is 25.4 Å². The van der Waals surface area contributed by atoms with Crippen LogP contribution in [0.3, 0.4) is 0 Å². The molecule has 3 aromatic rings. The van der Waals surface area contributed by atoms with Crippen LogP contribution in [0.5, 0.6) is 0 Å². The van der Waals surface area contributed by atoms with E-state index in [9.17, 15) is 93.9 Å². The molecule has 1 aromatic carbocycles. The van der Waals surface area contributed by atoms with Gasteiger partial charge < -0.3 is 83.6 Å². The molecule has 0 fully saturated rings. The molecule has 33 heteroatoms. The number of carboxylic acids is 3. The largest absolute Gasteiger partial charge is 0.481 e. The van der Waals surface area contributed by atoms with Gasteiger partial charge in [-0.2, -0.15) is 17.6 Å². The Morgan fingerprint density at radius 2 is 1.37 bits per heavy atom. The Morgan fingerprint density at radius 1 is 0.747 bits per heavy atom. The highest BCUT2D eigenvalue weighted by molar-refractivity contribution is 7.80. The summed E-state index contributed by atoms with van der Waals surface area (Å²) in [5.41, 5.74) is 5.80. The smallest absolute Gasteiger partial charge is 0.327 e. The highest BCUT2D eigenvalue weighted by Crippen LogP contribution is 2.15. The van der Waals surface area contributed by atoms with E-state index in [0.717, 1.165) is 0 Å². The maximum absolute atomic E-state index is 13.9. The number of aromatic amines is 1. The highest BCUT2D eigenvalue weighted by Gasteiger charge is 2.40.